The van der Waals surface area contributed by atoms with E-state index in [4.69, 9.17) is 14.0 Å². The predicted octanol–water partition coefficient (Wildman–Crippen LogP) is 4.33. The molecule has 1 unspecified atom stereocenters. The molecule has 0 bridgehead atoms. The fourth-order valence-corrected chi connectivity index (χ4v) is 3.86. The Morgan fingerprint density at radius 3 is 2.93 bits per heavy atom. The maximum atomic E-state index is 6.04. The number of nitrogens with zero attached hydrogens (tertiary/aromatic N) is 4. The third-order valence-electron chi connectivity index (χ3n) is 4.58. The van der Waals surface area contributed by atoms with Gasteiger partial charge >= 0.3 is 0 Å². The summed E-state index contributed by atoms with van der Waals surface area (Å²) in [7, 11) is 0. The Kier molecular flexibility index (Phi) is 4.42. The van der Waals surface area contributed by atoms with Gasteiger partial charge in [0, 0.05) is 0 Å². The Hall–Kier alpha value is -2.97. The number of rotatable bonds is 5. The minimum atomic E-state index is -0.0553. The lowest BCUT2D eigenvalue weighted by Crippen LogP contribution is -2.21. The van der Waals surface area contributed by atoms with E-state index in [2.05, 4.69) is 15.2 Å². The fourth-order valence-electron chi connectivity index (χ4n) is 3.21. The fraction of sp³-hybridized carbons (Fsp3) is 0.250. The molecular formula is C20H18N4O3S. The first kappa shape index (κ1) is 17.2. The monoisotopic (exact) mass is 394 g/mol. The van der Waals surface area contributed by atoms with Gasteiger partial charge in [-0.1, -0.05) is 23.4 Å². The summed E-state index contributed by atoms with van der Waals surface area (Å²) < 4.78 is 18.9. The predicted molar refractivity (Wildman–Crippen MR) is 104 cm³/mol. The zero-order valence-corrected chi connectivity index (χ0v) is 16.1. The number of fused-ring (bicyclic) bond motifs is 1. The molecule has 0 amide bonds. The molecule has 0 fully saturated rings. The molecule has 0 N–H and O–H groups in total. The minimum absolute atomic E-state index is 0.0553. The number of hydrogen-bond donors (Lipinski definition) is 0. The van der Waals surface area contributed by atoms with Crippen molar-refractivity contribution in [1.82, 2.24) is 19.9 Å². The normalized spacial score (nSPS) is 16.1. The largest absolute Gasteiger partial charge is 0.494 e. The van der Waals surface area contributed by atoms with Gasteiger partial charge in [-0.25, -0.2) is 0 Å². The summed E-state index contributed by atoms with van der Waals surface area (Å²) in [6, 6.07) is 13.9. The van der Waals surface area contributed by atoms with E-state index in [0.29, 0.717) is 37.2 Å². The molecule has 0 aliphatic carbocycles. The lowest BCUT2D eigenvalue weighted by Gasteiger charge is -2.24. The molecule has 1 aliphatic rings. The van der Waals surface area contributed by atoms with Crippen LogP contribution in [0.1, 0.15) is 24.3 Å². The van der Waals surface area contributed by atoms with Crippen LogP contribution < -0.4 is 4.74 Å². The second-order valence-electron chi connectivity index (χ2n) is 6.41. The van der Waals surface area contributed by atoms with Crippen LogP contribution in [-0.2, 0) is 17.9 Å². The van der Waals surface area contributed by atoms with Gasteiger partial charge in [0.05, 0.1) is 30.3 Å². The highest BCUT2D eigenvalue weighted by Gasteiger charge is 2.24. The van der Waals surface area contributed by atoms with Crippen molar-refractivity contribution < 1.29 is 14.0 Å². The average Bonchev–Trinajstić information content (AvgIpc) is 3.47. The zero-order chi connectivity index (χ0) is 18.9. The van der Waals surface area contributed by atoms with Crippen molar-refractivity contribution in [1.29, 1.82) is 0 Å². The molecule has 28 heavy (non-hydrogen) atoms. The van der Waals surface area contributed by atoms with Crippen LogP contribution in [0.25, 0.3) is 22.3 Å². The number of benzene rings is 1. The minimum Gasteiger partial charge on any atom is -0.494 e. The lowest BCUT2D eigenvalue weighted by atomic mass is 10.1. The van der Waals surface area contributed by atoms with Crippen LogP contribution in [0.2, 0.25) is 0 Å². The maximum Gasteiger partial charge on any atom is 0.278 e. The molecule has 142 valence electrons. The second-order valence-corrected chi connectivity index (χ2v) is 7.35. The van der Waals surface area contributed by atoms with E-state index in [9.17, 15) is 0 Å². The van der Waals surface area contributed by atoms with E-state index in [0.717, 1.165) is 21.9 Å². The lowest BCUT2D eigenvalue weighted by molar-refractivity contribution is -0.00115. The molecule has 7 nitrogen and oxygen atoms in total. The molecule has 8 heteroatoms. The molecule has 0 radical (unpaired) electrons. The standard InChI is InChI=1S/C20H18N4O3S/c1-2-25-15-7-5-13(6-8-15)17-11-24-14(12-26-17)10-16(22-24)20-21-19(23-27-20)18-4-3-9-28-18/h3-10,17H,2,11-12H2,1H3. The summed E-state index contributed by atoms with van der Waals surface area (Å²) in [5.41, 5.74) is 2.76. The molecule has 1 aliphatic heterocycles. The third-order valence-corrected chi connectivity index (χ3v) is 5.45. The number of hydrogen-bond acceptors (Lipinski definition) is 7. The first-order valence-corrected chi connectivity index (χ1v) is 9.97. The van der Waals surface area contributed by atoms with Gasteiger partial charge in [0.2, 0.25) is 5.82 Å². The van der Waals surface area contributed by atoms with Gasteiger partial charge in [-0.2, -0.15) is 10.1 Å². The molecule has 1 aromatic carbocycles. The summed E-state index contributed by atoms with van der Waals surface area (Å²) in [4.78, 5) is 5.44. The molecule has 5 rings (SSSR count). The Balaban J connectivity index is 1.35. The third kappa shape index (κ3) is 3.21. The summed E-state index contributed by atoms with van der Waals surface area (Å²) in [5, 5.41) is 10.7. The van der Waals surface area contributed by atoms with E-state index in [1.807, 2.05) is 59.5 Å². The molecule has 1 atom stereocenters. The highest BCUT2D eigenvalue weighted by Crippen LogP contribution is 2.30. The van der Waals surface area contributed by atoms with E-state index < -0.39 is 0 Å². The van der Waals surface area contributed by atoms with Crippen LogP contribution in [0, 0.1) is 0 Å². The van der Waals surface area contributed by atoms with Gasteiger partial charge in [0.1, 0.15) is 11.9 Å². The van der Waals surface area contributed by atoms with Crippen molar-refractivity contribution in [2.45, 2.75) is 26.2 Å². The van der Waals surface area contributed by atoms with E-state index >= 15 is 0 Å². The van der Waals surface area contributed by atoms with Crippen molar-refractivity contribution in [3.63, 3.8) is 0 Å². The topological polar surface area (TPSA) is 75.2 Å². The molecule has 4 aromatic rings. The molecule has 0 saturated heterocycles. The van der Waals surface area contributed by atoms with Crippen LogP contribution in [0.5, 0.6) is 5.75 Å². The molecule has 0 saturated carbocycles. The van der Waals surface area contributed by atoms with E-state index in [1.165, 1.54) is 0 Å². The molecular weight excluding hydrogens is 376 g/mol. The van der Waals surface area contributed by atoms with Crippen molar-refractivity contribution in [3.8, 4) is 28.0 Å². The average molecular weight is 394 g/mol. The van der Waals surface area contributed by atoms with Crippen molar-refractivity contribution in [2.75, 3.05) is 6.61 Å². The van der Waals surface area contributed by atoms with Gasteiger partial charge in [0.25, 0.3) is 5.89 Å². The Labute approximate surface area is 165 Å². The van der Waals surface area contributed by atoms with Crippen LogP contribution in [0.4, 0.5) is 0 Å². The van der Waals surface area contributed by atoms with Crippen LogP contribution in [0.3, 0.4) is 0 Å². The quantitative estimate of drug-likeness (QED) is 0.501. The summed E-state index contributed by atoms with van der Waals surface area (Å²) in [6.07, 6.45) is -0.0553. The smallest absolute Gasteiger partial charge is 0.278 e. The Bertz CT molecular complexity index is 1070. The highest BCUT2D eigenvalue weighted by atomic mass is 32.1. The molecule has 4 heterocycles. The van der Waals surface area contributed by atoms with Gasteiger partial charge in [-0.05, 0) is 42.1 Å². The number of thiophene rings is 1. The molecule has 0 spiro atoms. The summed E-state index contributed by atoms with van der Waals surface area (Å²) in [6.45, 7) is 3.75. The Morgan fingerprint density at radius 1 is 1.25 bits per heavy atom. The van der Waals surface area contributed by atoms with Crippen molar-refractivity contribution >= 4 is 11.3 Å². The Morgan fingerprint density at radius 2 is 2.14 bits per heavy atom. The van der Waals surface area contributed by atoms with E-state index in [-0.39, 0.29) is 6.10 Å². The highest BCUT2D eigenvalue weighted by molar-refractivity contribution is 7.13. The summed E-state index contributed by atoms with van der Waals surface area (Å²) in [5.74, 6) is 1.87. The number of aromatic nitrogens is 4. The van der Waals surface area contributed by atoms with Crippen LogP contribution >= 0.6 is 11.3 Å². The molecule has 3 aromatic heterocycles. The second kappa shape index (κ2) is 7.21. The van der Waals surface area contributed by atoms with Crippen LogP contribution in [0.15, 0.2) is 52.4 Å². The maximum absolute atomic E-state index is 6.04. The van der Waals surface area contributed by atoms with Gasteiger partial charge in [0.15, 0.2) is 5.69 Å². The van der Waals surface area contributed by atoms with Crippen LogP contribution in [-0.4, -0.2) is 26.5 Å². The summed E-state index contributed by atoms with van der Waals surface area (Å²) >= 11 is 1.57. The van der Waals surface area contributed by atoms with Crippen molar-refractivity contribution in [2.24, 2.45) is 0 Å². The first-order chi connectivity index (χ1) is 13.8. The van der Waals surface area contributed by atoms with Gasteiger partial charge in [-0.15, -0.1) is 11.3 Å². The van der Waals surface area contributed by atoms with Gasteiger partial charge in [-0.3, -0.25) is 4.68 Å². The van der Waals surface area contributed by atoms with E-state index in [1.54, 1.807) is 11.3 Å². The first-order valence-electron chi connectivity index (χ1n) is 9.09. The van der Waals surface area contributed by atoms with Gasteiger partial charge < -0.3 is 14.0 Å². The SMILES string of the molecule is CCOc1ccc(C2Cn3nc(-c4nc(-c5cccs5)no4)cc3CO2)cc1. The van der Waals surface area contributed by atoms with Crippen molar-refractivity contribution in [3.05, 3.63) is 59.1 Å². The zero-order valence-electron chi connectivity index (χ0n) is 15.2. The number of ether oxygens (including phenoxy) is 2.